The number of hydrogen-bond acceptors (Lipinski definition) is 7. The Balaban J connectivity index is 1.71. The van der Waals surface area contributed by atoms with E-state index in [2.05, 4.69) is 5.32 Å². The molecule has 1 aliphatic carbocycles. The van der Waals surface area contributed by atoms with Gasteiger partial charge in [-0.3, -0.25) is 19.3 Å². The number of ether oxygens (including phenoxy) is 2. The first kappa shape index (κ1) is 24.1. The average Bonchev–Trinajstić information content (AvgIpc) is 3.04. The number of rotatable bonds is 10. The second-order valence-corrected chi connectivity index (χ2v) is 8.94. The van der Waals surface area contributed by atoms with Gasteiger partial charge in [0.2, 0.25) is 17.7 Å². The fourth-order valence-electron chi connectivity index (χ4n) is 4.34. The summed E-state index contributed by atoms with van der Waals surface area (Å²) >= 11 is 1.56. The Bertz CT molecular complexity index is 837. The number of thioether (sulfide) groups is 1. The Labute approximate surface area is 192 Å². The molecule has 0 bridgehead atoms. The van der Waals surface area contributed by atoms with Crippen LogP contribution in [0.1, 0.15) is 39.0 Å². The van der Waals surface area contributed by atoms with Gasteiger partial charge in [-0.05, 0) is 50.3 Å². The van der Waals surface area contributed by atoms with E-state index in [4.69, 9.17) is 9.47 Å². The first-order valence-corrected chi connectivity index (χ1v) is 12.4. The lowest BCUT2D eigenvalue weighted by molar-refractivity contribution is -0.147. The van der Waals surface area contributed by atoms with E-state index < -0.39 is 17.9 Å². The van der Waals surface area contributed by atoms with Gasteiger partial charge in [0.15, 0.2) is 6.61 Å². The number of imide groups is 1. The van der Waals surface area contributed by atoms with Crippen LogP contribution in [-0.2, 0) is 23.9 Å². The molecule has 1 heterocycles. The lowest BCUT2D eigenvalue weighted by Crippen LogP contribution is -2.48. The third-order valence-electron chi connectivity index (χ3n) is 5.85. The molecule has 9 heteroatoms. The van der Waals surface area contributed by atoms with Crippen LogP contribution in [0.4, 0.5) is 5.69 Å². The third kappa shape index (κ3) is 5.62. The molecule has 1 N–H and O–H groups in total. The molecule has 2 aliphatic rings. The van der Waals surface area contributed by atoms with Gasteiger partial charge in [0.05, 0.1) is 18.4 Å². The molecule has 1 saturated carbocycles. The van der Waals surface area contributed by atoms with Gasteiger partial charge < -0.3 is 14.8 Å². The van der Waals surface area contributed by atoms with Gasteiger partial charge in [0.25, 0.3) is 0 Å². The molecule has 3 amide bonds. The van der Waals surface area contributed by atoms with Crippen molar-refractivity contribution < 1.29 is 28.7 Å². The largest absolute Gasteiger partial charge is 0.482 e. The Morgan fingerprint density at radius 2 is 1.88 bits per heavy atom. The molecule has 0 radical (unpaired) electrons. The predicted octanol–water partition coefficient (Wildman–Crippen LogP) is 2.86. The van der Waals surface area contributed by atoms with Crippen LogP contribution in [0, 0.1) is 11.8 Å². The standard InChI is InChI=1S/C23H30N2O6S/c1-3-30-20(26)14-31-16-8-6-7-15(13-16)24-21(27)19(11-12-32-2)25-22(28)17-9-4-5-10-18(17)23(25)29/h6-8,13,17-19H,3-5,9-12,14H2,1-2H3,(H,24,27). The van der Waals surface area contributed by atoms with Crippen LogP contribution in [0.25, 0.3) is 0 Å². The molecule has 1 saturated heterocycles. The monoisotopic (exact) mass is 462 g/mol. The first-order valence-electron chi connectivity index (χ1n) is 11.0. The van der Waals surface area contributed by atoms with Crippen molar-refractivity contribution in [3.63, 3.8) is 0 Å². The SMILES string of the molecule is CCOC(=O)COc1cccc(NC(=O)C(CCSC)N2C(=O)C3CCCCC3C2=O)c1. The molecule has 174 valence electrons. The van der Waals surface area contributed by atoms with E-state index >= 15 is 0 Å². The summed E-state index contributed by atoms with van der Waals surface area (Å²) in [6.45, 7) is 1.75. The first-order chi connectivity index (χ1) is 15.5. The number of carbonyl (C=O) groups is 4. The highest BCUT2D eigenvalue weighted by Gasteiger charge is 2.51. The molecule has 1 aromatic rings. The minimum atomic E-state index is -0.850. The second kappa shape index (κ2) is 11.4. The number of benzene rings is 1. The summed E-state index contributed by atoms with van der Waals surface area (Å²) in [7, 11) is 0. The van der Waals surface area contributed by atoms with Crippen molar-refractivity contribution in [3.8, 4) is 5.75 Å². The summed E-state index contributed by atoms with van der Waals surface area (Å²) < 4.78 is 10.3. The van der Waals surface area contributed by atoms with Gasteiger partial charge in [0, 0.05) is 11.8 Å². The minimum absolute atomic E-state index is 0.215. The summed E-state index contributed by atoms with van der Waals surface area (Å²) in [5.74, 6) is -0.849. The second-order valence-electron chi connectivity index (χ2n) is 7.95. The van der Waals surface area contributed by atoms with E-state index in [0.717, 1.165) is 12.8 Å². The maximum absolute atomic E-state index is 13.2. The number of anilines is 1. The van der Waals surface area contributed by atoms with Crippen molar-refractivity contribution in [2.75, 3.05) is 30.5 Å². The van der Waals surface area contributed by atoms with Gasteiger partial charge in [0.1, 0.15) is 11.8 Å². The molecule has 1 aromatic carbocycles. The fourth-order valence-corrected chi connectivity index (χ4v) is 4.80. The molecule has 3 unspecified atom stereocenters. The molecule has 8 nitrogen and oxygen atoms in total. The van der Waals surface area contributed by atoms with E-state index in [1.54, 1.807) is 43.0 Å². The average molecular weight is 463 g/mol. The smallest absolute Gasteiger partial charge is 0.344 e. The van der Waals surface area contributed by atoms with E-state index in [1.807, 2.05) is 6.26 Å². The summed E-state index contributed by atoms with van der Waals surface area (Å²) in [5.41, 5.74) is 0.460. The number of nitrogens with zero attached hydrogens (tertiary/aromatic N) is 1. The van der Waals surface area contributed by atoms with Crippen molar-refractivity contribution in [2.45, 2.75) is 45.1 Å². The minimum Gasteiger partial charge on any atom is -0.482 e. The van der Waals surface area contributed by atoms with Gasteiger partial charge in [-0.2, -0.15) is 11.8 Å². The van der Waals surface area contributed by atoms with Crippen molar-refractivity contribution in [1.29, 1.82) is 0 Å². The zero-order chi connectivity index (χ0) is 23.1. The van der Waals surface area contributed by atoms with E-state index in [0.29, 0.717) is 36.5 Å². The number of nitrogens with one attached hydrogen (secondary N) is 1. The molecule has 3 atom stereocenters. The summed E-state index contributed by atoms with van der Waals surface area (Å²) in [5, 5.41) is 2.81. The number of fused-ring (bicyclic) bond motifs is 1. The van der Waals surface area contributed by atoms with E-state index in [9.17, 15) is 19.2 Å². The zero-order valence-corrected chi connectivity index (χ0v) is 19.3. The number of hydrogen-bond donors (Lipinski definition) is 1. The molecule has 2 fully saturated rings. The topological polar surface area (TPSA) is 102 Å². The summed E-state index contributed by atoms with van der Waals surface area (Å²) in [6.07, 6.45) is 5.61. The molecular weight excluding hydrogens is 432 g/mol. The van der Waals surface area contributed by atoms with Crippen molar-refractivity contribution >= 4 is 41.1 Å². The van der Waals surface area contributed by atoms with Crippen LogP contribution in [0.2, 0.25) is 0 Å². The Kier molecular flexibility index (Phi) is 8.55. The van der Waals surface area contributed by atoms with Gasteiger partial charge in [-0.25, -0.2) is 4.79 Å². The Morgan fingerprint density at radius 1 is 1.19 bits per heavy atom. The number of likely N-dealkylation sites (tertiary alicyclic amines) is 1. The maximum atomic E-state index is 13.2. The summed E-state index contributed by atoms with van der Waals surface area (Å²) in [6, 6.07) is 5.79. The molecular formula is C23H30N2O6S. The number of carbonyl (C=O) groups excluding carboxylic acids is 4. The molecule has 1 aliphatic heterocycles. The van der Waals surface area contributed by atoms with Crippen LogP contribution in [0.3, 0.4) is 0 Å². The van der Waals surface area contributed by atoms with Crippen LogP contribution >= 0.6 is 11.8 Å². The van der Waals surface area contributed by atoms with Crippen molar-refractivity contribution in [2.24, 2.45) is 11.8 Å². The van der Waals surface area contributed by atoms with Gasteiger partial charge in [-0.1, -0.05) is 18.9 Å². The Hall–Kier alpha value is -2.55. The lowest BCUT2D eigenvalue weighted by atomic mass is 9.81. The normalized spacial score (nSPS) is 21.1. The fraction of sp³-hybridized carbons (Fsp3) is 0.565. The molecule has 32 heavy (non-hydrogen) atoms. The zero-order valence-electron chi connectivity index (χ0n) is 18.5. The third-order valence-corrected chi connectivity index (χ3v) is 6.49. The highest BCUT2D eigenvalue weighted by atomic mass is 32.2. The maximum Gasteiger partial charge on any atom is 0.344 e. The van der Waals surface area contributed by atoms with Gasteiger partial charge in [-0.15, -0.1) is 0 Å². The van der Waals surface area contributed by atoms with Crippen LogP contribution in [-0.4, -0.2) is 59.9 Å². The van der Waals surface area contributed by atoms with E-state index in [1.165, 1.54) is 4.90 Å². The van der Waals surface area contributed by atoms with Crippen LogP contribution in [0.5, 0.6) is 5.75 Å². The highest BCUT2D eigenvalue weighted by molar-refractivity contribution is 7.98. The predicted molar refractivity (Wildman–Crippen MR) is 121 cm³/mol. The van der Waals surface area contributed by atoms with Crippen molar-refractivity contribution in [3.05, 3.63) is 24.3 Å². The highest BCUT2D eigenvalue weighted by Crippen LogP contribution is 2.39. The van der Waals surface area contributed by atoms with Crippen LogP contribution in [0.15, 0.2) is 24.3 Å². The van der Waals surface area contributed by atoms with Crippen molar-refractivity contribution in [1.82, 2.24) is 4.90 Å². The number of esters is 1. The number of amides is 3. The lowest BCUT2D eigenvalue weighted by Gasteiger charge is -2.26. The summed E-state index contributed by atoms with van der Waals surface area (Å²) in [4.78, 5) is 51.9. The molecule has 3 rings (SSSR count). The molecule has 0 spiro atoms. The quantitative estimate of drug-likeness (QED) is 0.421. The van der Waals surface area contributed by atoms with Crippen LogP contribution < -0.4 is 10.1 Å². The van der Waals surface area contributed by atoms with E-state index in [-0.39, 0.29) is 36.9 Å². The molecule has 0 aromatic heterocycles. The Morgan fingerprint density at radius 3 is 2.50 bits per heavy atom. The van der Waals surface area contributed by atoms with Gasteiger partial charge >= 0.3 is 5.97 Å².